The molecule has 0 fully saturated rings. The number of carbonyl (C=O) groups is 1. The SMILES string of the molecule is Cc1ccc(F)cc1-c1ccc(C(=O)NCc2ccc(-c3ccnc(C(F)(F)F)c3)nc2)nc1. The van der Waals surface area contributed by atoms with Crippen molar-refractivity contribution < 1.29 is 22.4 Å². The van der Waals surface area contributed by atoms with E-state index in [0.29, 0.717) is 22.4 Å². The van der Waals surface area contributed by atoms with Crippen molar-refractivity contribution in [1.29, 1.82) is 0 Å². The molecule has 3 aromatic heterocycles. The van der Waals surface area contributed by atoms with E-state index in [2.05, 4.69) is 20.3 Å². The molecule has 3 heterocycles. The molecular formula is C25H18F4N4O. The Morgan fingerprint density at radius 2 is 1.74 bits per heavy atom. The van der Waals surface area contributed by atoms with E-state index in [9.17, 15) is 22.4 Å². The molecule has 0 aliphatic carbocycles. The zero-order valence-corrected chi connectivity index (χ0v) is 17.9. The lowest BCUT2D eigenvalue weighted by Gasteiger charge is -2.09. The first-order chi connectivity index (χ1) is 16.2. The second kappa shape index (κ2) is 9.38. The molecule has 0 atom stereocenters. The number of nitrogens with zero attached hydrogens (tertiary/aromatic N) is 3. The monoisotopic (exact) mass is 466 g/mol. The van der Waals surface area contributed by atoms with Gasteiger partial charge in [0.1, 0.15) is 17.2 Å². The molecule has 1 N–H and O–H groups in total. The number of halogens is 4. The quantitative estimate of drug-likeness (QED) is 0.389. The predicted molar refractivity (Wildman–Crippen MR) is 118 cm³/mol. The Kier molecular flexibility index (Phi) is 6.36. The molecular weight excluding hydrogens is 448 g/mol. The zero-order valence-electron chi connectivity index (χ0n) is 17.9. The van der Waals surface area contributed by atoms with Crippen LogP contribution in [0.3, 0.4) is 0 Å². The fraction of sp³-hybridized carbons (Fsp3) is 0.120. The van der Waals surface area contributed by atoms with Crippen LogP contribution in [0.4, 0.5) is 17.6 Å². The Balaban J connectivity index is 1.40. The number of nitrogens with one attached hydrogen (secondary N) is 1. The van der Waals surface area contributed by atoms with Crippen LogP contribution < -0.4 is 5.32 Å². The molecule has 172 valence electrons. The van der Waals surface area contributed by atoms with Crippen molar-refractivity contribution in [1.82, 2.24) is 20.3 Å². The van der Waals surface area contributed by atoms with Crippen molar-refractivity contribution in [2.75, 3.05) is 0 Å². The van der Waals surface area contributed by atoms with Gasteiger partial charge in [-0.3, -0.25) is 19.7 Å². The maximum Gasteiger partial charge on any atom is 0.433 e. The normalized spacial score (nSPS) is 11.3. The average Bonchev–Trinajstić information content (AvgIpc) is 2.84. The van der Waals surface area contributed by atoms with Crippen LogP contribution in [0.1, 0.15) is 27.3 Å². The van der Waals surface area contributed by atoms with Crippen LogP contribution in [-0.2, 0) is 12.7 Å². The summed E-state index contributed by atoms with van der Waals surface area (Å²) in [4.78, 5) is 24.1. The first-order valence-electron chi connectivity index (χ1n) is 10.2. The standard InChI is InChI=1S/C25H18F4N4O/c1-15-2-5-19(26)11-20(15)18-4-7-22(32-14-18)24(34)33-13-16-3-6-21(31-12-16)17-8-9-30-23(10-17)25(27,28)29/h2-12,14H,13H2,1H3,(H,33,34). The molecule has 0 saturated carbocycles. The average molecular weight is 466 g/mol. The van der Waals surface area contributed by atoms with Crippen LogP contribution in [0.5, 0.6) is 0 Å². The van der Waals surface area contributed by atoms with Crippen LogP contribution in [0.25, 0.3) is 22.4 Å². The molecule has 0 bridgehead atoms. The molecule has 0 unspecified atom stereocenters. The van der Waals surface area contributed by atoms with Crippen LogP contribution >= 0.6 is 0 Å². The molecule has 4 aromatic rings. The molecule has 9 heteroatoms. The summed E-state index contributed by atoms with van der Waals surface area (Å²) in [6, 6.07) is 13.3. The third kappa shape index (κ3) is 5.25. The third-order valence-corrected chi connectivity index (χ3v) is 5.13. The van der Waals surface area contributed by atoms with E-state index in [0.717, 1.165) is 17.8 Å². The number of carbonyl (C=O) groups excluding carboxylic acids is 1. The van der Waals surface area contributed by atoms with Crippen LogP contribution in [0, 0.1) is 12.7 Å². The number of amides is 1. The summed E-state index contributed by atoms with van der Waals surface area (Å²) < 4.78 is 52.1. The van der Waals surface area contributed by atoms with Crippen LogP contribution in [0.15, 0.2) is 73.2 Å². The molecule has 0 spiro atoms. The van der Waals surface area contributed by atoms with Crippen molar-refractivity contribution in [2.45, 2.75) is 19.6 Å². The number of benzene rings is 1. The highest BCUT2D eigenvalue weighted by molar-refractivity contribution is 5.92. The lowest BCUT2D eigenvalue weighted by molar-refractivity contribution is -0.141. The van der Waals surface area contributed by atoms with E-state index < -0.39 is 17.8 Å². The first-order valence-corrected chi connectivity index (χ1v) is 10.2. The fourth-order valence-electron chi connectivity index (χ4n) is 3.31. The number of hydrogen-bond acceptors (Lipinski definition) is 4. The Hall–Kier alpha value is -4.14. The maximum absolute atomic E-state index is 13.6. The van der Waals surface area contributed by atoms with Gasteiger partial charge in [0.25, 0.3) is 5.91 Å². The second-order valence-electron chi connectivity index (χ2n) is 7.55. The highest BCUT2D eigenvalue weighted by Gasteiger charge is 2.32. The van der Waals surface area contributed by atoms with Gasteiger partial charge in [-0.15, -0.1) is 0 Å². The molecule has 34 heavy (non-hydrogen) atoms. The number of aryl methyl sites for hydroxylation is 1. The lowest BCUT2D eigenvalue weighted by Crippen LogP contribution is -2.23. The maximum atomic E-state index is 13.6. The van der Waals surface area contributed by atoms with Gasteiger partial charge in [-0.05, 0) is 60.0 Å². The molecule has 4 rings (SSSR count). The van der Waals surface area contributed by atoms with Gasteiger partial charge in [-0.2, -0.15) is 13.2 Å². The van der Waals surface area contributed by atoms with Crippen LogP contribution in [0.2, 0.25) is 0 Å². The first kappa shape index (κ1) is 23.0. The molecule has 1 aromatic carbocycles. The number of alkyl halides is 3. The Labute approximate surface area is 192 Å². The third-order valence-electron chi connectivity index (χ3n) is 5.13. The Morgan fingerprint density at radius 1 is 0.912 bits per heavy atom. The minimum absolute atomic E-state index is 0.155. The van der Waals surface area contributed by atoms with Gasteiger partial charge < -0.3 is 5.32 Å². The lowest BCUT2D eigenvalue weighted by atomic mass is 10.0. The minimum atomic E-state index is -4.54. The van der Waals surface area contributed by atoms with Crippen molar-refractivity contribution in [3.8, 4) is 22.4 Å². The molecule has 0 aliphatic heterocycles. The smallest absolute Gasteiger partial charge is 0.347 e. The van der Waals surface area contributed by atoms with E-state index in [1.807, 2.05) is 6.92 Å². The van der Waals surface area contributed by atoms with E-state index >= 15 is 0 Å². The number of pyridine rings is 3. The summed E-state index contributed by atoms with van der Waals surface area (Å²) in [5.74, 6) is -0.762. The van der Waals surface area contributed by atoms with Gasteiger partial charge in [0.2, 0.25) is 0 Å². The molecule has 5 nitrogen and oxygen atoms in total. The van der Waals surface area contributed by atoms with E-state index in [1.165, 1.54) is 30.6 Å². The number of aromatic nitrogens is 3. The van der Waals surface area contributed by atoms with E-state index in [4.69, 9.17) is 0 Å². The second-order valence-corrected chi connectivity index (χ2v) is 7.55. The van der Waals surface area contributed by atoms with Gasteiger partial charge in [0.15, 0.2) is 0 Å². The Bertz CT molecular complexity index is 1320. The summed E-state index contributed by atoms with van der Waals surface area (Å²) in [6.07, 6.45) is -0.464. The molecule has 1 amide bonds. The molecule has 0 aliphatic rings. The summed E-state index contributed by atoms with van der Waals surface area (Å²) >= 11 is 0. The summed E-state index contributed by atoms with van der Waals surface area (Å²) in [7, 11) is 0. The predicted octanol–water partition coefficient (Wildman–Crippen LogP) is 5.60. The van der Waals surface area contributed by atoms with Crippen molar-refractivity contribution in [3.05, 3.63) is 102 Å². The van der Waals surface area contributed by atoms with Crippen molar-refractivity contribution in [3.63, 3.8) is 0 Å². The summed E-state index contributed by atoms with van der Waals surface area (Å²) in [6.45, 7) is 2.02. The van der Waals surface area contributed by atoms with Gasteiger partial charge in [0, 0.05) is 36.3 Å². The van der Waals surface area contributed by atoms with Gasteiger partial charge >= 0.3 is 6.18 Å². The topological polar surface area (TPSA) is 67.8 Å². The number of hydrogen-bond donors (Lipinski definition) is 1. The highest BCUT2D eigenvalue weighted by Crippen LogP contribution is 2.30. The highest BCUT2D eigenvalue weighted by atomic mass is 19.4. The summed E-state index contributed by atoms with van der Waals surface area (Å²) in [5, 5.41) is 2.72. The van der Waals surface area contributed by atoms with Crippen molar-refractivity contribution >= 4 is 5.91 Å². The fourth-order valence-corrected chi connectivity index (χ4v) is 3.31. The van der Waals surface area contributed by atoms with Crippen molar-refractivity contribution in [2.24, 2.45) is 0 Å². The summed E-state index contributed by atoms with van der Waals surface area (Å²) in [5.41, 5.74) is 2.78. The van der Waals surface area contributed by atoms with Gasteiger partial charge in [0.05, 0.1) is 5.69 Å². The number of rotatable bonds is 5. The zero-order chi connectivity index (χ0) is 24.3. The Morgan fingerprint density at radius 3 is 2.41 bits per heavy atom. The van der Waals surface area contributed by atoms with E-state index in [-0.39, 0.29) is 23.6 Å². The van der Waals surface area contributed by atoms with Gasteiger partial charge in [-0.1, -0.05) is 18.2 Å². The van der Waals surface area contributed by atoms with Gasteiger partial charge in [-0.25, -0.2) is 4.39 Å². The van der Waals surface area contributed by atoms with Crippen LogP contribution in [-0.4, -0.2) is 20.9 Å². The minimum Gasteiger partial charge on any atom is -0.347 e. The van der Waals surface area contributed by atoms with E-state index in [1.54, 1.807) is 30.3 Å². The molecule has 0 saturated heterocycles. The molecule has 0 radical (unpaired) electrons. The largest absolute Gasteiger partial charge is 0.433 e.